The minimum Gasteiger partial charge on any atom is -0.493 e. The van der Waals surface area contributed by atoms with Gasteiger partial charge in [-0.2, -0.15) is 0 Å². The van der Waals surface area contributed by atoms with E-state index < -0.39 is 15.9 Å². The highest BCUT2D eigenvalue weighted by Crippen LogP contribution is 2.29. The summed E-state index contributed by atoms with van der Waals surface area (Å²) in [4.78, 5) is 4.46. The second-order valence-corrected chi connectivity index (χ2v) is 10.4. The van der Waals surface area contributed by atoms with Crippen molar-refractivity contribution in [1.82, 2.24) is 9.80 Å². The molecule has 0 spiro atoms. The standard InChI is InChI=1S/C21H34N2O5S/c1-27-21-14-18(15-22-8-4-2-3-5-9-22)6-7-20(21)28-17-19(24)16-23-10-12-29(25,26)13-11-23/h6-7,14,19,24H,2-5,8-13,15-17H2,1H3. The van der Waals surface area contributed by atoms with Crippen LogP contribution in [0.25, 0.3) is 0 Å². The SMILES string of the molecule is COc1cc(CN2CCCCCC2)ccc1OCC(O)CN1CCS(=O)(=O)CC1. The van der Waals surface area contributed by atoms with Crippen LogP contribution in [0, 0.1) is 0 Å². The van der Waals surface area contributed by atoms with E-state index in [0.29, 0.717) is 31.1 Å². The molecule has 2 aliphatic rings. The molecule has 1 N–H and O–H groups in total. The quantitative estimate of drug-likeness (QED) is 0.675. The maximum absolute atomic E-state index is 11.5. The number of hydrogen-bond acceptors (Lipinski definition) is 7. The Morgan fingerprint density at radius 1 is 1.00 bits per heavy atom. The van der Waals surface area contributed by atoms with Gasteiger partial charge in [-0.05, 0) is 43.6 Å². The van der Waals surface area contributed by atoms with E-state index in [1.165, 1.54) is 31.2 Å². The molecule has 1 aromatic carbocycles. The molecule has 0 bridgehead atoms. The maximum atomic E-state index is 11.5. The Morgan fingerprint density at radius 3 is 2.34 bits per heavy atom. The largest absolute Gasteiger partial charge is 0.493 e. The van der Waals surface area contributed by atoms with Crippen molar-refractivity contribution >= 4 is 9.84 Å². The third-order valence-corrected chi connectivity index (χ3v) is 7.28. The molecule has 7 nitrogen and oxygen atoms in total. The van der Waals surface area contributed by atoms with Crippen molar-refractivity contribution in [2.75, 3.05) is 57.9 Å². The Bertz CT molecular complexity index is 733. The van der Waals surface area contributed by atoms with Crippen LogP contribution in [-0.4, -0.2) is 87.4 Å². The average molecular weight is 427 g/mol. The first-order valence-corrected chi connectivity index (χ1v) is 12.4. The van der Waals surface area contributed by atoms with Crippen molar-refractivity contribution in [2.24, 2.45) is 0 Å². The van der Waals surface area contributed by atoms with Crippen molar-refractivity contribution in [2.45, 2.75) is 38.3 Å². The first kappa shape index (κ1) is 22.3. The summed E-state index contributed by atoms with van der Waals surface area (Å²) in [7, 11) is -1.28. The van der Waals surface area contributed by atoms with Crippen LogP contribution in [0.15, 0.2) is 18.2 Å². The van der Waals surface area contributed by atoms with Gasteiger partial charge in [0.2, 0.25) is 0 Å². The molecule has 1 atom stereocenters. The van der Waals surface area contributed by atoms with Crippen LogP contribution in [0.2, 0.25) is 0 Å². The van der Waals surface area contributed by atoms with Crippen molar-refractivity contribution in [3.8, 4) is 11.5 Å². The number of sulfone groups is 1. The number of hydrogen-bond donors (Lipinski definition) is 1. The van der Waals surface area contributed by atoms with Crippen molar-refractivity contribution < 1.29 is 23.0 Å². The van der Waals surface area contributed by atoms with Gasteiger partial charge in [-0.25, -0.2) is 8.42 Å². The molecule has 0 aromatic heterocycles. The highest BCUT2D eigenvalue weighted by Gasteiger charge is 2.23. The smallest absolute Gasteiger partial charge is 0.161 e. The first-order chi connectivity index (χ1) is 13.9. The second-order valence-electron chi connectivity index (χ2n) is 8.09. The highest BCUT2D eigenvalue weighted by molar-refractivity contribution is 7.91. The highest BCUT2D eigenvalue weighted by atomic mass is 32.2. The van der Waals surface area contributed by atoms with E-state index in [0.717, 1.165) is 19.6 Å². The van der Waals surface area contributed by atoms with Crippen LogP contribution in [0.3, 0.4) is 0 Å². The van der Waals surface area contributed by atoms with E-state index in [4.69, 9.17) is 9.47 Å². The van der Waals surface area contributed by atoms with Crippen LogP contribution in [0.5, 0.6) is 11.5 Å². The second kappa shape index (κ2) is 10.6. The van der Waals surface area contributed by atoms with Gasteiger partial charge in [-0.1, -0.05) is 18.9 Å². The number of aliphatic hydroxyl groups is 1. The zero-order valence-electron chi connectivity index (χ0n) is 17.4. The molecular weight excluding hydrogens is 392 g/mol. The van der Waals surface area contributed by atoms with E-state index >= 15 is 0 Å². The summed E-state index contributed by atoms with van der Waals surface area (Å²) < 4.78 is 34.3. The van der Waals surface area contributed by atoms with E-state index in [1.54, 1.807) is 7.11 Å². The number of nitrogens with zero attached hydrogens (tertiary/aromatic N) is 2. The lowest BCUT2D eigenvalue weighted by Crippen LogP contribution is -2.44. The Balaban J connectivity index is 1.49. The topological polar surface area (TPSA) is 79.3 Å². The lowest BCUT2D eigenvalue weighted by atomic mass is 10.2. The first-order valence-electron chi connectivity index (χ1n) is 10.6. The summed E-state index contributed by atoms with van der Waals surface area (Å²) in [5, 5.41) is 10.3. The molecule has 3 rings (SSSR count). The van der Waals surface area contributed by atoms with Gasteiger partial charge in [0, 0.05) is 26.2 Å². The minimum atomic E-state index is -2.91. The van der Waals surface area contributed by atoms with Crippen LogP contribution in [0.1, 0.15) is 31.2 Å². The number of likely N-dealkylation sites (tertiary alicyclic amines) is 1. The van der Waals surface area contributed by atoms with Gasteiger partial charge in [-0.3, -0.25) is 9.80 Å². The Labute approximate surface area is 174 Å². The lowest BCUT2D eigenvalue weighted by Gasteiger charge is -2.28. The molecule has 0 radical (unpaired) electrons. The van der Waals surface area contributed by atoms with E-state index in [2.05, 4.69) is 11.0 Å². The summed E-state index contributed by atoms with van der Waals surface area (Å²) in [6, 6.07) is 5.99. The predicted molar refractivity (Wildman–Crippen MR) is 113 cm³/mol. The van der Waals surface area contributed by atoms with Crippen LogP contribution in [-0.2, 0) is 16.4 Å². The molecule has 1 aromatic rings. The molecule has 8 heteroatoms. The summed E-state index contributed by atoms with van der Waals surface area (Å²) in [5.74, 6) is 1.61. The summed E-state index contributed by atoms with van der Waals surface area (Å²) in [5.41, 5.74) is 1.20. The molecule has 0 amide bonds. The fraction of sp³-hybridized carbons (Fsp3) is 0.714. The third-order valence-electron chi connectivity index (χ3n) is 5.67. The maximum Gasteiger partial charge on any atom is 0.161 e. The number of aliphatic hydroxyl groups excluding tert-OH is 1. The van der Waals surface area contributed by atoms with E-state index in [1.807, 2.05) is 17.0 Å². The molecule has 2 saturated heterocycles. The number of ether oxygens (including phenoxy) is 2. The molecule has 2 aliphatic heterocycles. The van der Waals surface area contributed by atoms with Crippen molar-refractivity contribution in [3.05, 3.63) is 23.8 Å². The van der Waals surface area contributed by atoms with Crippen LogP contribution in [0.4, 0.5) is 0 Å². The van der Waals surface area contributed by atoms with Gasteiger partial charge in [-0.15, -0.1) is 0 Å². The monoisotopic (exact) mass is 426 g/mol. The van der Waals surface area contributed by atoms with Gasteiger partial charge >= 0.3 is 0 Å². The number of methoxy groups -OCH3 is 1. The van der Waals surface area contributed by atoms with Gasteiger partial charge in [0.25, 0.3) is 0 Å². The molecule has 0 saturated carbocycles. The third kappa shape index (κ3) is 7.13. The Hall–Kier alpha value is -1.35. The minimum absolute atomic E-state index is 0.144. The number of rotatable bonds is 8. The van der Waals surface area contributed by atoms with E-state index in [9.17, 15) is 13.5 Å². The molecular formula is C21H34N2O5S. The molecule has 29 heavy (non-hydrogen) atoms. The molecule has 2 heterocycles. The molecule has 0 aliphatic carbocycles. The van der Waals surface area contributed by atoms with Gasteiger partial charge < -0.3 is 14.6 Å². The van der Waals surface area contributed by atoms with Crippen LogP contribution < -0.4 is 9.47 Å². The van der Waals surface area contributed by atoms with Gasteiger partial charge in [0.15, 0.2) is 21.3 Å². The van der Waals surface area contributed by atoms with E-state index in [-0.39, 0.29) is 18.1 Å². The zero-order valence-corrected chi connectivity index (χ0v) is 18.2. The number of benzene rings is 1. The molecule has 1 unspecified atom stereocenters. The number of β-amino-alcohol motifs (C(OH)–C–C–N with tert-alkyl or cyclic N) is 1. The van der Waals surface area contributed by atoms with Crippen molar-refractivity contribution in [1.29, 1.82) is 0 Å². The van der Waals surface area contributed by atoms with Gasteiger partial charge in [0.05, 0.1) is 18.6 Å². The Morgan fingerprint density at radius 2 is 1.69 bits per heavy atom. The normalized spacial score (nSPS) is 22.0. The zero-order chi connectivity index (χ0) is 20.7. The van der Waals surface area contributed by atoms with Gasteiger partial charge in [0.1, 0.15) is 12.7 Å². The fourth-order valence-electron chi connectivity index (χ4n) is 3.95. The molecule has 164 valence electrons. The van der Waals surface area contributed by atoms with Crippen molar-refractivity contribution in [3.63, 3.8) is 0 Å². The van der Waals surface area contributed by atoms with Crippen LogP contribution >= 0.6 is 0 Å². The molecule has 2 fully saturated rings. The summed E-state index contributed by atoms with van der Waals surface area (Å²) in [6.07, 6.45) is 4.49. The summed E-state index contributed by atoms with van der Waals surface area (Å²) in [6.45, 7) is 4.68. The Kier molecular flexibility index (Phi) is 8.17. The average Bonchev–Trinajstić information content (AvgIpc) is 2.97. The predicted octanol–water partition coefficient (Wildman–Crippen LogP) is 1.54. The summed E-state index contributed by atoms with van der Waals surface area (Å²) >= 11 is 0. The lowest BCUT2D eigenvalue weighted by molar-refractivity contribution is 0.0699. The fourth-order valence-corrected chi connectivity index (χ4v) is 5.23.